The Hall–Kier alpha value is -3.28. The Morgan fingerprint density at radius 3 is 2.67 bits per heavy atom. The molecule has 2 aromatic carbocycles. The van der Waals surface area contributed by atoms with Crippen molar-refractivity contribution < 1.29 is 14.3 Å². The van der Waals surface area contributed by atoms with Crippen LogP contribution in [0.25, 0.3) is 11.3 Å². The third-order valence-corrected chi connectivity index (χ3v) is 3.75. The van der Waals surface area contributed by atoms with Crippen LogP contribution in [0.15, 0.2) is 54.7 Å². The molecule has 0 fully saturated rings. The first-order valence-electron chi connectivity index (χ1n) is 7.61. The molecular formula is C18H15N3O3. The van der Waals surface area contributed by atoms with Crippen LogP contribution in [-0.2, 0) is 0 Å². The predicted octanol–water partition coefficient (Wildman–Crippen LogP) is 3.10. The Bertz CT molecular complexity index is 874. The first kappa shape index (κ1) is 14.3. The maximum Gasteiger partial charge on any atom is 0.259 e. The zero-order valence-electron chi connectivity index (χ0n) is 12.8. The summed E-state index contributed by atoms with van der Waals surface area (Å²) in [5.41, 5.74) is 2.66. The lowest BCUT2D eigenvalue weighted by Gasteiger charge is -2.18. The van der Waals surface area contributed by atoms with Gasteiger partial charge in [0.05, 0.1) is 17.5 Å². The summed E-state index contributed by atoms with van der Waals surface area (Å²) in [6, 6.07) is 14.9. The Morgan fingerprint density at radius 1 is 1.04 bits per heavy atom. The number of benzene rings is 2. The first-order valence-corrected chi connectivity index (χ1v) is 7.61. The number of nitrogens with zero attached hydrogens (tertiary/aromatic N) is 1. The van der Waals surface area contributed by atoms with Crippen molar-refractivity contribution in [2.45, 2.75) is 0 Å². The molecule has 3 aromatic rings. The summed E-state index contributed by atoms with van der Waals surface area (Å²) in [5.74, 6) is 1.16. The van der Waals surface area contributed by atoms with Gasteiger partial charge in [0.2, 0.25) is 0 Å². The number of aromatic nitrogens is 2. The van der Waals surface area contributed by atoms with Crippen molar-refractivity contribution in [1.82, 2.24) is 10.2 Å². The third kappa shape index (κ3) is 2.69. The number of hydrogen-bond acceptors (Lipinski definition) is 4. The molecule has 1 aliphatic rings. The van der Waals surface area contributed by atoms with Gasteiger partial charge in [0.25, 0.3) is 5.91 Å². The number of rotatable bonds is 3. The lowest BCUT2D eigenvalue weighted by atomic mass is 10.1. The molecule has 6 heteroatoms. The molecule has 0 aliphatic carbocycles. The van der Waals surface area contributed by atoms with Gasteiger partial charge in [0.1, 0.15) is 13.2 Å². The lowest BCUT2D eigenvalue weighted by Crippen LogP contribution is -2.15. The number of H-pyrrole nitrogens is 1. The summed E-state index contributed by atoms with van der Waals surface area (Å²) < 4.78 is 11.1. The van der Waals surface area contributed by atoms with Gasteiger partial charge in [0.15, 0.2) is 11.5 Å². The van der Waals surface area contributed by atoms with Gasteiger partial charge >= 0.3 is 0 Å². The highest BCUT2D eigenvalue weighted by Crippen LogP contribution is 2.34. The standard InChI is InChI=1S/C18H15N3O3/c22-18(20-13-4-2-1-3-5-13)14-11-19-21-17(14)12-6-7-15-16(10-12)24-9-8-23-15/h1-7,10-11H,8-9H2,(H,19,21)(H,20,22). The molecule has 0 spiro atoms. The minimum atomic E-state index is -0.222. The Morgan fingerprint density at radius 2 is 1.83 bits per heavy atom. The highest BCUT2D eigenvalue weighted by atomic mass is 16.6. The Labute approximate surface area is 138 Å². The highest BCUT2D eigenvalue weighted by Gasteiger charge is 2.18. The van der Waals surface area contributed by atoms with Gasteiger partial charge in [0, 0.05) is 11.3 Å². The second-order valence-electron chi connectivity index (χ2n) is 5.34. The molecule has 0 unspecified atom stereocenters. The summed E-state index contributed by atoms with van der Waals surface area (Å²) in [7, 11) is 0. The van der Waals surface area contributed by atoms with Crippen LogP contribution in [0.2, 0.25) is 0 Å². The highest BCUT2D eigenvalue weighted by molar-refractivity contribution is 6.08. The molecule has 0 radical (unpaired) electrons. The van der Waals surface area contributed by atoms with Gasteiger partial charge in [-0.2, -0.15) is 5.10 Å². The summed E-state index contributed by atoms with van der Waals surface area (Å²) in [6.45, 7) is 1.06. The SMILES string of the molecule is O=C(Nc1ccccc1)c1cn[nH]c1-c1ccc2c(c1)OCCO2. The molecule has 0 saturated heterocycles. The molecule has 0 atom stereocenters. The van der Waals surface area contributed by atoms with E-state index in [1.54, 1.807) is 0 Å². The van der Waals surface area contributed by atoms with Crippen molar-refractivity contribution in [2.75, 3.05) is 18.5 Å². The molecule has 0 saturated carbocycles. The predicted molar refractivity (Wildman–Crippen MR) is 89.4 cm³/mol. The molecule has 1 aliphatic heterocycles. The van der Waals surface area contributed by atoms with Crippen LogP contribution >= 0.6 is 0 Å². The average Bonchev–Trinajstić information content (AvgIpc) is 3.12. The molecule has 0 bridgehead atoms. The van der Waals surface area contributed by atoms with E-state index in [2.05, 4.69) is 15.5 Å². The van der Waals surface area contributed by atoms with E-state index in [9.17, 15) is 4.79 Å². The first-order chi connectivity index (χ1) is 11.8. The van der Waals surface area contributed by atoms with E-state index in [1.165, 1.54) is 6.20 Å². The fourth-order valence-electron chi connectivity index (χ4n) is 2.60. The van der Waals surface area contributed by atoms with Crippen molar-refractivity contribution in [2.24, 2.45) is 0 Å². The maximum atomic E-state index is 12.5. The lowest BCUT2D eigenvalue weighted by molar-refractivity contribution is 0.102. The summed E-state index contributed by atoms with van der Waals surface area (Å²) >= 11 is 0. The van der Waals surface area contributed by atoms with Crippen molar-refractivity contribution in [1.29, 1.82) is 0 Å². The van der Waals surface area contributed by atoms with Crippen LogP contribution in [-0.4, -0.2) is 29.3 Å². The quantitative estimate of drug-likeness (QED) is 0.777. The van der Waals surface area contributed by atoms with Gasteiger partial charge in [-0.1, -0.05) is 18.2 Å². The number of nitrogens with one attached hydrogen (secondary N) is 2. The zero-order valence-corrected chi connectivity index (χ0v) is 12.8. The number of aromatic amines is 1. The number of para-hydroxylation sites is 1. The van der Waals surface area contributed by atoms with Crippen LogP contribution in [0.3, 0.4) is 0 Å². The number of amides is 1. The van der Waals surface area contributed by atoms with Gasteiger partial charge < -0.3 is 14.8 Å². The van der Waals surface area contributed by atoms with Crippen molar-refractivity contribution in [3.63, 3.8) is 0 Å². The Kier molecular flexibility index (Phi) is 3.63. The van der Waals surface area contributed by atoms with E-state index in [-0.39, 0.29) is 5.91 Å². The van der Waals surface area contributed by atoms with Crippen LogP contribution in [0, 0.1) is 0 Å². The largest absolute Gasteiger partial charge is 0.486 e. The smallest absolute Gasteiger partial charge is 0.259 e. The summed E-state index contributed by atoms with van der Waals surface area (Å²) in [4.78, 5) is 12.5. The van der Waals surface area contributed by atoms with Gasteiger partial charge in [-0.05, 0) is 30.3 Å². The fourth-order valence-corrected chi connectivity index (χ4v) is 2.60. The minimum absolute atomic E-state index is 0.222. The average molecular weight is 321 g/mol. The van der Waals surface area contributed by atoms with E-state index < -0.39 is 0 Å². The minimum Gasteiger partial charge on any atom is -0.486 e. The van der Waals surface area contributed by atoms with Gasteiger partial charge in [-0.15, -0.1) is 0 Å². The summed E-state index contributed by atoms with van der Waals surface area (Å²) in [6.07, 6.45) is 1.52. The number of carbonyl (C=O) groups excluding carboxylic acids is 1. The maximum absolute atomic E-state index is 12.5. The van der Waals surface area contributed by atoms with Crippen LogP contribution in [0.1, 0.15) is 10.4 Å². The monoisotopic (exact) mass is 321 g/mol. The molecule has 6 nitrogen and oxygen atoms in total. The fraction of sp³-hybridized carbons (Fsp3) is 0.111. The van der Waals surface area contributed by atoms with E-state index in [4.69, 9.17) is 9.47 Å². The van der Waals surface area contributed by atoms with E-state index in [0.29, 0.717) is 36.0 Å². The second kappa shape index (κ2) is 6.08. The molecule has 1 amide bonds. The van der Waals surface area contributed by atoms with Crippen molar-refractivity contribution in [3.05, 3.63) is 60.3 Å². The zero-order chi connectivity index (χ0) is 16.4. The van der Waals surface area contributed by atoms with Gasteiger partial charge in [-0.25, -0.2) is 0 Å². The number of fused-ring (bicyclic) bond motifs is 1. The van der Waals surface area contributed by atoms with E-state index in [0.717, 1.165) is 11.3 Å². The molecule has 120 valence electrons. The molecule has 1 aromatic heterocycles. The molecular weight excluding hydrogens is 306 g/mol. The topological polar surface area (TPSA) is 76.2 Å². The number of carbonyl (C=O) groups is 1. The number of ether oxygens (including phenoxy) is 2. The molecule has 2 heterocycles. The van der Waals surface area contributed by atoms with Gasteiger partial charge in [-0.3, -0.25) is 9.89 Å². The van der Waals surface area contributed by atoms with Crippen LogP contribution < -0.4 is 14.8 Å². The van der Waals surface area contributed by atoms with E-state index in [1.807, 2.05) is 48.5 Å². The van der Waals surface area contributed by atoms with Crippen LogP contribution in [0.5, 0.6) is 11.5 Å². The Balaban J connectivity index is 1.64. The van der Waals surface area contributed by atoms with E-state index >= 15 is 0 Å². The summed E-state index contributed by atoms with van der Waals surface area (Å²) in [5, 5.41) is 9.77. The molecule has 4 rings (SSSR count). The number of anilines is 1. The normalized spacial score (nSPS) is 12.7. The van der Waals surface area contributed by atoms with Crippen LogP contribution in [0.4, 0.5) is 5.69 Å². The second-order valence-corrected chi connectivity index (χ2v) is 5.34. The number of hydrogen-bond donors (Lipinski definition) is 2. The third-order valence-electron chi connectivity index (χ3n) is 3.75. The van der Waals surface area contributed by atoms with Crippen molar-refractivity contribution in [3.8, 4) is 22.8 Å². The molecule has 2 N–H and O–H groups in total. The van der Waals surface area contributed by atoms with Crippen molar-refractivity contribution >= 4 is 11.6 Å². The molecule has 24 heavy (non-hydrogen) atoms.